The van der Waals surface area contributed by atoms with Gasteiger partial charge in [-0.2, -0.15) is 39.5 Å². The standard InChI is InChI=1S/C19H22FN3.3C2HF3O2/c20-19-3-1-2-16(8-19)10-23-13-17-11-22(12-18(17)14-23)9-15-4-6-21-7-5-15;3*3-2(4,5)1(6)7/h1-8,17-18H,9-14H2;3*(H,6,7)/t17-,18+;;;. The molecular weight excluding hydrogens is 628 g/mol. The zero-order valence-corrected chi connectivity index (χ0v) is 22.2. The third-order valence-corrected chi connectivity index (χ3v) is 5.82. The van der Waals surface area contributed by atoms with Crippen molar-refractivity contribution in [3.05, 3.63) is 65.7 Å². The number of carboxylic acids is 3. The van der Waals surface area contributed by atoms with E-state index in [1.807, 2.05) is 18.5 Å². The molecule has 4 rings (SSSR count). The van der Waals surface area contributed by atoms with Gasteiger partial charge in [-0.15, -0.1) is 0 Å². The third kappa shape index (κ3) is 14.5. The quantitative estimate of drug-likeness (QED) is 0.403. The number of rotatable bonds is 4. The summed E-state index contributed by atoms with van der Waals surface area (Å²) in [5.41, 5.74) is 2.43. The van der Waals surface area contributed by atoms with Crippen LogP contribution >= 0.6 is 0 Å². The van der Waals surface area contributed by atoms with Crippen molar-refractivity contribution in [2.24, 2.45) is 11.8 Å². The van der Waals surface area contributed by atoms with Crippen LogP contribution in [0, 0.1) is 17.7 Å². The average molecular weight is 653 g/mol. The lowest BCUT2D eigenvalue weighted by Crippen LogP contribution is -2.28. The zero-order chi connectivity index (χ0) is 33.9. The highest BCUT2D eigenvalue weighted by Crippen LogP contribution is 2.32. The van der Waals surface area contributed by atoms with Crippen molar-refractivity contribution in [1.82, 2.24) is 14.8 Å². The Bertz CT molecular complexity index is 1150. The Morgan fingerprint density at radius 3 is 1.32 bits per heavy atom. The van der Waals surface area contributed by atoms with Crippen molar-refractivity contribution >= 4 is 17.9 Å². The molecule has 0 radical (unpaired) electrons. The van der Waals surface area contributed by atoms with Gasteiger partial charge in [0.25, 0.3) is 0 Å². The molecule has 44 heavy (non-hydrogen) atoms. The van der Waals surface area contributed by atoms with Crippen molar-refractivity contribution in [3.8, 4) is 0 Å². The molecule has 2 aromatic rings. The Balaban J connectivity index is 0.000000379. The first kappa shape index (κ1) is 38.0. The number of nitrogens with zero attached hydrogens (tertiary/aromatic N) is 3. The first-order chi connectivity index (χ1) is 20.1. The lowest BCUT2D eigenvalue weighted by Gasteiger charge is -2.21. The van der Waals surface area contributed by atoms with Crippen LogP contribution in [0.15, 0.2) is 48.8 Å². The summed E-state index contributed by atoms with van der Waals surface area (Å²) < 4.78 is 109. The molecule has 2 fully saturated rings. The number of hydrogen-bond donors (Lipinski definition) is 3. The van der Waals surface area contributed by atoms with Crippen molar-refractivity contribution in [1.29, 1.82) is 0 Å². The van der Waals surface area contributed by atoms with E-state index in [0.29, 0.717) is 0 Å². The van der Waals surface area contributed by atoms with E-state index >= 15 is 0 Å². The van der Waals surface area contributed by atoms with Crippen molar-refractivity contribution in [2.45, 2.75) is 31.6 Å². The first-order valence-corrected chi connectivity index (χ1v) is 12.1. The summed E-state index contributed by atoms with van der Waals surface area (Å²) in [6.07, 6.45) is -11.5. The van der Waals surface area contributed by atoms with Gasteiger partial charge in [-0.1, -0.05) is 12.1 Å². The second-order valence-corrected chi connectivity index (χ2v) is 9.30. The Kier molecular flexibility index (Phi) is 14.0. The number of carbonyl (C=O) groups is 3. The number of carboxylic acid groups (broad SMARTS) is 3. The topological polar surface area (TPSA) is 131 Å². The van der Waals surface area contributed by atoms with Crippen LogP contribution in [-0.4, -0.2) is 92.7 Å². The lowest BCUT2D eigenvalue weighted by molar-refractivity contribution is -0.193. The maximum Gasteiger partial charge on any atom is 0.490 e. The van der Waals surface area contributed by atoms with E-state index in [4.69, 9.17) is 29.7 Å². The average Bonchev–Trinajstić information content (AvgIpc) is 3.42. The number of halogens is 10. The summed E-state index contributed by atoms with van der Waals surface area (Å²) in [4.78, 5) is 35.8. The van der Waals surface area contributed by atoms with E-state index < -0.39 is 36.4 Å². The van der Waals surface area contributed by atoms with E-state index in [1.165, 1.54) is 24.7 Å². The van der Waals surface area contributed by atoms with E-state index in [9.17, 15) is 43.9 Å². The number of benzene rings is 1. The SMILES string of the molecule is Fc1cccc(CN2C[C@H]3CN(Cc4ccncc4)C[C@H]3C2)c1.O=C(O)C(F)(F)F.O=C(O)C(F)(F)F.O=C(O)C(F)(F)F. The van der Waals surface area contributed by atoms with Gasteiger partial charge in [0.15, 0.2) is 0 Å². The minimum absolute atomic E-state index is 0.134. The van der Waals surface area contributed by atoms with Crippen molar-refractivity contribution in [2.75, 3.05) is 26.2 Å². The van der Waals surface area contributed by atoms with Gasteiger partial charge in [-0.05, 0) is 47.2 Å². The van der Waals surface area contributed by atoms with Gasteiger partial charge >= 0.3 is 36.4 Å². The van der Waals surface area contributed by atoms with E-state index in [-0.39, 0.29) is 5.82 Å². The monoisotopic (exact) mass is 653 g/mol. The molecule has 0 bridgehead atoms. The molecule has 19 heteroatoms. The summed E-state index contributed by atoms with van der Waals surface area (Å²) in [5, 5.41) is 21.4. The summed E-state index contributed by atoms with van der Waals surface area (Å²) >= 11 is 0. The molecule has 0 spiro atoms. The van der Waals surface area contributed by atoms with E-state index in [0.717, 1.165) is 43.6 Å². The predicted octanol–water partition coefficient (Wildman–Crippen LogP) is 4.68. The third-order valence-electron chi connectivity index (χ3n) is 5.82. The highest BCUT2D eigenvalue weighted by Gasteiger charge is 2.40. The van der Waals surface area contributed by atoms with Crippen LogP contribution < -0.4 is 0 Å². The number of aromatic nitrogens is 1. The van der Waals surface area contributed by atoms with Gasteiger partial charge in [0, 0.05) is 51.7 Å². The van der Waals surface area contributed by atoms with E-state index in [2.05, 4.69) is 26.9 Å². The molecule has 2 aliphatic rings. The van der Waals surface area contributed by atoms with Gasteiger partial charge in [0.1, 0.15) is 5.82 Å². The second kappa shape index (κ2) is 16.2. The number of fused-ring (bicyclic) bond motifs is 1. The smallest absolute Gasteiger partial charge is 0.475 e. The molecule has 0 amide bonds. The highest BCUT2D eigenvalue weighted by atomic mass is 19.4. The fraction of sp³-hybridized carbons (Fsp3) is 0.440. The summed E-state index contributed by atoms with van der Waals surface area (Å²) in [6, 6.07) is 11.2. The molecule has 2 atom stereocenters. The highest BCUT2D eigenvalue weighted by molar-refractivity contribution is 5.73. The van der Waals surface area contributed by atoms with Gasteiger partial charge < -0.3 is 15.3 Å². The second-order valence-electron chi connectivity index (χ2n) is 9.30. The predicted molar refractivity (Wildman–Crippen MR) is 129 cm³/mol. The first-order valence-electron chi connectivity index (χ1n) is 12.1. The van der Waals surface area contributed by atoms with Crippen molar-refractivity contribution in [3.63, 3.8) is 0 Å². The normalized spacial score (nSPS) is 18.4. The Morgan fingerprint density at radius 2 is 1.00 bits per heavy atom. The van der Waals surface area contributed by atoms with Crippen LogP contribution in [0.25, 0.3) is 0 Å². The summed E-state index contributed by atoms with van der Waals surface area (Å²) in [6.45, 7) is 6.51. The van der Waals surface area contributed by atoms with Crippen LogP contribution in [-0.2, 0) is 27.5 Å². The van der Waals surface area contributed by atoms with Crippen LogP contribution in [0.5, 0.6) is 0 Å². The molecule has 0 unspecified atom stereocenters. The summed E-state index contributed by atoms with van der Waals surface area (Å²) in [7, 11) is 0. The maximum atomic E-state index is 13.3. The zero-order valence-electron chi connectivity index (χ0n) is 22.2. The lowest BCUT2D eigenvalue weighted by atomic mass is 10.0. The Hall–Kier alpha value is -4.00. The molecule has 3 heterocycles. The van der Waals surface area contributed by atoms with E-state index in [1.54, 1.807) is 12.1 Å². The number of likely N-dealkylation sites (tertiary alicyclic amines) is 2. The van der Waals surface area contributed by atoms with Gasteiger partial charge in [-0.25, -0.2) is 18.8 Å². The van der Waals surface area contributed by atoms with Gasteiger partial charge in [0.05, 0.1) is 0 Å². The minimum Gasteiger partial charge on any atom is -0.475 e. The fourth-order valence-electron chi connectivity index (χ4n) is 4.09. The molecule has 1 aromatic carbocycles. The molecular formula is C25H25F10N3O6. The van der Waals surface area contributed by atoms with Crippen LogP contribution in [0.3, 0.4) is 0 Å². The number of alkyl halides is 9. The molecule has 2 aliphatic heterocycles. The molecule has 1 aromatic heterocycles. The number of pyridine rings is 1. The largest absolute Gasteiger partial charge is 0.490 e. The van der Waals surface area contributed by atoms with Crippen LogP contribution in [0.4, 0.5) is 43.9 Å². The Labute approximate surface area is 242 Å². The maximum absolute atomic E-state index is 13.3. The van der Waals surface area contributed by atoms with Gasteiger partial charge in [-0.3, -0.25) is 14.8 Å². The van der Waals surface area contributed by atoms with Crippen LogP contribution in [0.1, 0.15) is 11.1 Å². The van der Waals surface area contributed by atoms with Gasteiger partial charge in [0.2, 0.25) is 0 Å². The minimum atomic E-state index is -5.08. The van der Waals surface area contributed by atoms with Crippen molar-refractivity contribution < 1.29 is 73.6 Å². The molecule has 9 nitrogen and oxygen atoms in total. The van der Waals surface area contributed by atoms with Crippen LogP contribution in [0.2, 0.25) is 0 Å². The Morgan fingerprint density at radius 1 is 0.659 bits per heavy atom. The molecule has 2 saturated heterocycles. The number of hydrogen-bond acceptors (Lipinski definition) is 6. The summed E-state index contributed by atoms with van der Waals surface area (Å²) in [5.74, 6) is -6.89. The molecule has 0 saturated carbocycles. The molecule has 0 aliphatic carbocycles. The molecule has 246 valence electrons. The number of aliphatic carboxylic acids is 3. The molecule has 3 N–H and O–H groups in total. The fourth-order valence-corrected chi connectivity index (χ4v) is 4.09.